The van der Waals surface area contributed by atoms with Crippen LogP contribution in [0.25, 0.3) is 0 Å². The van der Waals surface area contributed by atoms with Crippen molar-refractivity contribution in [2.75, 3.05) is 0 Å². The number of non-ortho nitro benzene ring substituents is 1. The van der Waals surface area contributed by atoms with Gasteiger partial charge in [0.05, 0.1) is 4.92 Å². The highest BCUT2D eigenvalue weighted by Gasteiger charge is 2.09. The standard InChI is InChI=1S/C13H18BrNO2/c1-10(2)13(14)5-3-4-11-6-8-12(9-7-11)15(16)17/h6-10,13H,3-5H2,1-2H3. The Kier molecular flexibility index (Phi) is 5.62. The quantitative estimate of drug-likeness (QED) is 0.445. The normalized spacial score (nSPS) is 12.7. The molecular formula is C13H18BrNO2. The summed E-state index contributed by atoms with van der Waals surface area (Å²) in [7, 11) is 0. The third-order valence-corrected chi connectivity index (χ3v) is 4.33. The van der Waals surface area contributed by atoms with Crippen LogP contribution < -0.4 is 0 Å². The number of benzene rings is 1. The summed E-state index contributed by atoms with van der Waals surface area (Å²) >= 11 is 3.66. The lowest BCUT2D eigenvalue weighted by Crippen LogP contribution is -2.07. The average molecular weight is 300 g/mol. The lowest BCUT2D eigenvalue weighted by Gasteiger charge is -2.12. The summed E-state index contributed by atoms with van der Waals surface area (Å²) in [6.07, 6.45) is 3.22. The first-order chi connectivity index (χ1) is 8.00. The minimum absolute atomic E-state index is 0.161. The van der Waals surface area contributed by atoms with E-state index in [0.717, 1.165) is 19.3 Å². The summed E-state index contributed by atoms with van der Waals surface area (Å²) < 4.78 is 0. The molecule has 0 aliphatic heterocycles. The van der Waals surface area contributed by atoms with Crippen LogP contribution in [0.1, 0.15) is 32.3 Å². The van der Waals surface area contributed by atoms with Gasteiger partial charge in [-0.3, -0.25) is 10.1 Å². The minimum atomic E-state index is -0.364. The van der Waals surface area contributed by atoms with Gasteiger partial charge in [-0.2, -0.15) is 0 Å². The maximum atomic E-state index is 10.5. The van der Waals surface area contributed by atoms with Crippen molar-refractivity contribution in [2.24, 2.45) is 5.92 Å². The van der Waals surface area contributed by atoms with Crippen molar-refractivity contribution in [1.29, 1.82) is 0 Å². The number of hydrogen-bond acceptors (Lipinski definition) is 2. The molecule has 0 radical (unpaired) electrons. The van der Waals surface area contributed by atoms with Gasteiger partial charge in [-0.15, -0.1) is 0 Å². The van der Waals surface area contributed by atoms with E-state index in [1.165, 1.54) is 5.56 Å². The zero-order valence-electron chi connectivity index (χ0n) is 10.2. The van der Waals surface area contributed by atoms with E-state index in [2.05, 4.69) is 29.8 Å². The van der Waals surface area contributed by atoms with Crippen molar-refractivity contribution in [3.8, 4) is 0 Å². The highest BCUT2D eigenvalue weighted by molar-refractivity contribution is 9.09. The number of nitro benzene ring substituents is 1. The predicted molar refractivity (Wildman–Crippen MR) is 73.6 cm³/mol. The second-order valence-electron chi connectivity index (χ2n) is 4.58. The highest BCUT2D eigenvalue weighted by atomic mass is 79.9. The van der Waals surface area contributed by atoms with E-state index in [1.54, 1.807) is 12.1 Å². The van der Waals surface area contributed by atoms with Gasteiger partial charge in [-0.25, -0.2) is 0 Å². The number of rotatable bonds is 6. The first kappa shape index (κ1) is 14.2. The number of nitro groups is 1. The van der Waals surface area contributed by atoms with Crippen molar-refractivity contribution in [3.63, 3.8) is 0 Å². The van der Waals surface area contributed by atoms with Gasteiger partial charge in [0.2, 0.25) is 0 Å². The molecule has 0 aromatic heterocycles. The van der Waals surface area contributed by atoms with Gasteiger partial charge in [0, 0.05) is 17.0 Å². The third-order valence-electron chi connectivity index (χ3n) is 2.82. The van der Waals surface area contributed by atoms with Crippen molar-refractivity contribution < 1.29 is 4.92 Å². The molecule has 0 saturated carbocycles. The van der Waals surface area contributed by atoms with Crippen molar-refractivity contribution in [1.82, 2.24) is 0 Å². The van der Waals surface area contributed by atoms with Crippen LogP contribution in [-0.4, -0.2) is 9.75 Å². The van der Waals surface area contributed by atoms with Gasteiger partial charge < -0.3 is 0 Å². The molecule has 0 heterocycles. The van der Waals surface area contributed by atoms with Gasteiger partial charge in [0.1, 0.15) is 0 Å². The molecule has 0 fully saturated rings. The molecule has 0 saturated heterocycles. The van der Waals surface area contributed by atoms with E-state index < -0.39 is 0 Å². The monoisotopic (exact) mass is 299 g/mol. The first-order valence-corrected chi connectivity index (χ1v) is 6.79. The molecule has 0 aliphatic carbocycles. The molecular weight excluding hydrogens is 282 g/mol. The Morgan fingerprint density at radius 1 is 1.29 bits per heavy atom. The Morgan fingerprint density at radius 3 is 2.35 bits per heavy atom. The predicted octanol–water partition coefficient (Wildman–Crippen LogP) is 4.34. The third kappa shape index (κ3) is 4.86. The van der Waals surface area contributed by atoms with E-state index in [1.807, 2.05) is 12.1 Å². The largest absolute Gasteiger partial charge is 0.269 e. The second kappa shape index (κ2) is 6.74. The van der Waals surface area contributed by atoms with E-state index in [9.17, 15) is 10.1 Å². The van der Waals surface area contributed by atoms with Gasteiger partial charge >= 0.3 is 0 Å². The molecule has 0 amide bonds. The van der Waals surface area contributed by atoms with Crippen molar-refractivity contribution in [2.45, 2.75) is 37.9 Å². The average Bonchev–Trinajstić information content (AvgIpc) is 2.29. The minimum Gasteiger partial charge on any atom is -0.258 e. The number of halogens is 1. The Balaban J connectivity index is 2.40. The molecule has 1 unspecified atom stereocenters. The van der Waals surface area contributed by atoms with Crippen LogP contribution in [0.5, 0.6) is 0 Å². The Hall–Kier alpha value is -0.900. The Bertz CT molecular complexity index is 362. The summed E-state index contributed by atoms with van der Waals surface area (Å²) in [5.74, 6) is 0.645. The summed E-state index contributed by atoms with van der Waals surface area (Å²) in [6, 6.07) is 6.83. The van der Waals surface area contributed by atoms with E-state index >= 15 is 0 Å². The van der Waals surface area contributed by atoms with E-state index in [4.69, 9.17) is 0 Å². The smallest absolute Gasteiger partial charge is 0.258 e. The molecule has 0 spiro atoms. The second-order valence-corrected chi connectivity index (χ2v) is 5.75. The molecule has 1 rings (SSSR count). The molecule has 0 N–H and O–H groups in total. The molecule has 1 atom stereocenters. The number of aryl methyl sites for hydroxylation is 1. The van der Waals surface area contributed by atoms with E-state index in [0.29, 0.717) is 10.7 Å². The summed E-state index contributed by atoms with van der Waals surface area (Å²) in [4.78, 5) is 10.7. The van der Waals surface area contributed by atoms with Crippen LogP contribution in [0.4, 0.5) is 5.69 Å². The fraction of sp³-hybridized carbons (Fsp3) is 0.538. The van der Waals surface area contributed by atoms with Gasteiger partial charge in [0.25, 0.3) is 5.69 Å². The zero-order chi connectivity index (χ0) is 12.8. The summed E-state index contributed by atoms with van der Waals surface area (Å²) in [5, 5.41) is 10.5. The SMILES string of the molecule is CC(C)C(Br)CCCc1ccc([N+](=O)[O-])cc1. The van der Waals surface area contributed by atoms with Crippen molar-refractivity contribution in [3.05, 3.63) is 39.9 Å². The van der Waals surface area contributed by atoms with E-state index in [-0.39, 0.29) is 10.6 Å². The first-order valence-electron chi connectivity index (χ1n) is 5.88. The highest BCUT2D eigenvalue weighted by Crippen LogP contribution is 2.19. The van der Waals surface area contributed by atoms with Gasteiger partial charge in [-0.05, 0) is 30.7 Å². The molecule has 1 aromatic rings. The lowest BCUT2D eigenvalue weighted by molar-refractivity contribution is -0.384. The van der Waals surface area contributed by atoms with Crippen LogP contribution in [0.2, 0.25) is 0 Å². The zero-order valence-corrected chi connectivity index (χ0v) is 11.8. The maximum Gasteiger partial charge on any atom is 0.269 e. The van der Waals surface area contributed by atoms with Crippen LogP contribution in [-0.2, 0) is 6.42 Å². The maximum absolute atomic E-state index is 10.5. The van der Waals surface area contributed by atoms with Crippen molar-refractivity contribution >= 4 is 21.6 Å². The molecule has 94 valence electrons. The number of nitrogens with zero attached hydrogens (tertiary/aromatic N) is 1. The lowest BCUT2D eigenvalue weighted by atomic mass is 10.0. The van der Waals surface area contributed by atoms with Gasteiger partial charge in [0.15, 0.2) is 0 Å². The summed E-state index contributed by atoms with van der Waals surface area (Å²) in [5.41, 5.74) is 1.33. The molecule has 1 aromatic carbocycles. The molecule has 17 heavy (non-hydrogen) atoms. The Morgan fingerprint density at radius 2 is 1.88 bits per heavy atom. The fourth-order valence-electron chi connectivity index (χ4n) is 1.62. The summed E-state index contributed by atoms with van der Waals surface area (Å²) in [6.45, 7) is 4.40. The molecule has 4 heteroatoms. The Labute approximate surface area is 111 Å². The topological polar surface area (TPSA) is 43.1 Å². The van der Waals surface area contributed by atoms with Crippen LogP contribution in [0, 0.1) is 16.0 Å². The number of hydrogen-bond donors (Lipinski definition) is 0. The van der Waals surface area contributed by atoms with Crippen LogP contribution in [0.15, 0.2) is 24.3 Å². The molecule has 0 bridgehead atoms. The molecule has 0 aliphatic rings. The van der Waals surface area contributed by atoms with Crippen LogP contribution >= 0.6 is 15.9 Å². The van der Waals surface area contributed by atoms with Gasteiger partial charge in [-0.1, -0.05) is 41.9 Å². The molecule has 3 nitrogen and oxygen atoms in total. The van der Waals surface area contributed by atoms with Crippen LogP contribution in [0.3, 0.4) is 0 Å². The number of alkyl halides is 1. The fourth-order valence-corrected chi connectivity index (χ4v) is 1.94.